The van der Waals surface area contributed by atoms with Crippen LogP contribution in [0.25, 0.3) is 16.6 Å². The Morgan fingerprint density at radius 1 is 1.11 bits per heavy atom. The molecule has 0 aliphatic carbocycles. The van der Waals surface area contributed by atoms with E-state index in [0.29, 0.717) is 12.1 Å². The van der Waals surface area contributed by atoms with Gasteiger partial charge in [0.15, 0.2) is 0 Å². The molecule has 2 N–H and O–H groups in total. The second kappa shape index (κ2) is 7.11. The zero-order valence-electron chi connectivity index (χ0n) is 15.5. The van der Waals surface area contributed by atoms with Crippen molar-refractivity contribution in [3.63, 3.8) is 0 Å². The monoisotopic (exact) mass is 358 g/mol. The number of nitrogens with one attached hydrogen (secondary N) is 2. The average molecular weight is 358 g/mol. The second-order valence-electron chi connectivity index (χ2n) is 6.71. The van der Waals surface area contributed by atoms with Gasteiger partial charge in [-0.15, -0.1) is 0 Å². The smallest absolute Gasteiger partial charge is 0.254 e. The van der Waals surface area contributed by atoms with Gasteiger partial charge in [-0.05, 0) is 43.5 Å². The lowest BCUT2D eigenvalue weighted by Crippen LogP contribution is -2.26. The number of amides is 1. The number of benzene rings is 2. The molecule has 136 valence electrons. The fourth-order valence-electron chi connectivity index (χ4n) is 3.42. The number of nitrogens with zero attached hydrogens (tertiary/aromatic N) is 2. The molecule has 4 rings (SSSR count). The van der Waals surface area contributed by atoms with Crippen LogP contribution in [0.1, 0.15) is 27.2 Å². The highest BCUT2D eigenvalue weighted by atomic mass is 16.1. The third-order valence-electron chi connectivity index (χ3n) is 4.95. The Kier molecular flexibility index (Phi) is 4.50. The van der Waals surface area contributed by atoms with Gasteiger partial charge in [-0.25, -0.2) is 4.68 Å². The number of carbonyl (C=O) groups excluding carboxylic acids is 1. The second-order valence-corrected chi connectivity index (χ2v) is 6.71. The molecule has 0 radical (unpaired) electrons. The van der Waals surface area contributed by atoms with Crippen LogP contribution in [0.4, 0.5) is 0 Å². The van der Waals surface area contributed by atoms with Crippen molar-refractivity contribution in [2.24, 2.45) is 0 Å². The van der Waals surface area contributed by atoms with Crippen molar-refractivity contribution in [3.8, 4) is 5.69 Å². The van der Waals surface area contributed by atoms with Crippen molar-refractivity contribution in [1.82, 2.24) is 20.1 Å². The minimum atomic E-state index is -0.0906. The summed E-state index contributed by atoms with van der Waals surface area (Å²) in [4.78, 5) is 15.9. The first kappa shape index (κ1) is 17.1. The van der Waals surface area contributed by atoms with Gasteiger partial charge in [-0.1, -0.05) is 36.4 Å². The zero-order chi connectivity index (χ0) is 18.8. The van der Waals surface area contributed by atoms with Gasteiger partial charge >= 0.3 is 0 Å². The van der Waals surface area contributed by atoms with Gasteiger partial charge in [0.2, 0.25) is 0 Å². The van der Waals surface area contributed by atoms with Gasteiger partial charge < -0.3 is 10.3 Å². The van der Waals surface area contributed by atoms with Crippen LogP contribution in [0.15, 0.2) is 60.9 Å². The van der Waals surface area contributed by atoms with Crippen molar-refractivity contribution in [2.45, 2.75) is 20.3 Å². The molecule has 0 spiro atoms. The van der Waals surface area contributed by atoms with Crippen LogP contribution in [0.2, 0.25) is 0 Å². The Hall–Kier alpha value is -3.34. The highest BCUT2D eigenvalue weighted by Gasteiger charge is 2.15. The van der Waals surface area contributed by atoms with E-state index in [4.69, 9.17) is 0 Å². The molecule has 0 aliphatic rings. The molecular formula is C22H22N4O. The number of H-pyrrole nitrogens is 1. The van der Waals surface area contributed by atoms with Crippen LogP contribution in [-0.4, -0.2) is 27.2 Å². The molecule has 0 unspecified atom stereocenters. The van der Waals surface area contributed by atoms with Crippen molar-refractivity contribution >= 4 is 16.8 Å². The molecule has 0 bridgehead atoms. The summed E-state index contributed by atoms with van der Waals surface area (Å²) in [5.41, 5.74) is 5.89. The first-order chi connectivity index (χ1) is 13.1. The van der Waals surface area contributed by atoms with Crippen LogP contribution in [0.3, 0.4) is 0 Å². The van der Waals surface area contributed by atoms with E-state index in [1.807, 2.05) is 61.1 Å². The summed E-state index contributed by atoms with van der Waals surface area (Å²) >= 11 is 0. The number of aromatic amines is 1. The lowest BCUT2D eigenvalue weighted by atomic mass is 10.1. The number of aryl methyl sites for hydroxylation is 1. The molecule has 4 aromatic rings. The molecular weight excluding hydrogens is 336 g/mol. The van der Waals surface area contributed by atoms with E-state index in [1.165, 1.54) is 10.9 Å². The number of carbonyl (C=O) groups is 1. The standard InChI is InChI=1S/C22H22N4O/c1-15-7-3-6-10-21(15)26-16(2)19(14-25-26)22(27)23-12-11-17-13-24-20-9-5-4-8-18(17)20/h3-10,13-14,24H,11-12H2,1-2H3,(H,23,27). The van der Waals surface area contributed by atoms with Crippen LogP contribution in [-0.2, 0) is 6.42 Å². The molecule has 1 amide bonds. The van der Waals surface area contributed by atoms with E-state index in [9.17, 15) is 4.79 Å². The summed E-state index contributed by atoms with van der Waals surface area (Å²) in [7, 11) is 0. The lowest BCUT2D eigenvalue weighted by molar-refractivity contribution is 0.0953. The highest BCUT2D eigenvalue weighted by molar-refractivity contribution is 5.95. The van der Waals surface area contributed by atoms with Gasteiger partial charge in [0, 0.05) is 23.6 Å². The van der Waals surface area contributed by atoms with Crippen molar-refractivity contribution < 1.29 is 4.79 Å². The number of aromatic nitrogens is 3. The zero-order valence-corrected chi connectivity index (χ0v) is 15.5. The van der Waals surface area contributed by atoms with Crippen molar-refractivity contribution in [1.29, 1.82) is 0 Å². The normalized spacial score (nSPS) is 11.0. The quantitative estimate of drug-likeness (QED) is 0.567. The fourth-order valence-corrected chi connectivity index (χ4v) is 3.42. The fraction of sp³-hybridized carbons (Fsp3) is 0.182. The molecule has 2 heterocycles. The molecule has 0 atom stereocenters. The van der Waals surface area contributed by atoms with Gasteiger partial charge in [0.05, 0.1) is 23.1 Å². The number of hydrogen-bond acceptors (Lipinski definition) is 2. The molecule has 5 nitrogen and oxygen atoms in total. The molecule has 27 heavy (non-hydrogen) atoms. The van der Waals surface area contributed by atoms with E-state index >= 15 is 0 Å². The Balaban J connectivity index is 1.45. The number of fused-ring (bicyclic) bond motifs is 1. The topological polar surface area (TPSA) is 62.7 Å². The van der Waals surface area contributed by atoms with Crippen LogP contribution in [0.5, 0.6) is 0 Å². The lowest BCUT2D eigenvalue weighted by Gasteiger charge is -2.09. The molecule has 2 aromatic carbocycles. The van der Waals surface area contributed by atoms with Gasteiger partial charge in [0.1, 0.15) is 0 Å². The maximum absolute atomic E-state index is 12.6. The van der Waals surface area contributed by atoms with Crippen molar-refractivity contribution in [3.05, 3.63) is 83.3 Å². The SMILES string of the molecule is Cc1ccccc1-n1ncc(C(=O)NCCc2c[nH]c3ccccc23)c1C. The van der Waals surface area contributed by atoms with Crippen LogP contribution >= 0.6 is 0 Å². The van der Waals surface area contributed by atoms with E-state index in [0.717, 1.165) is 28.9 Å². The van der Waals surface area contributed by atoms with Crippen LogP contribution in [0, 0.1) is 13.8 Å². The highest BCUT2D eigenvalue weighted by Crippen LogP contribution is 2.19. The largest absolute Gasteiger partial charge is 0.361 e. The molecule has 2 aromatic heterocycles. The van der Waals surface area contributed by atoms with Gasteiger partial charge in [-0.2, -0.15) is 5.10 Å². The van der Waals surface area contributed by atoms with Crippen molar-refractivity contribution in [2.75, 3.05) is 6.54 Å². The molecule has 0 saturated carbocycles. The molecule has 0 aliphatic heterocycles. The first-order valence-electron chi connectivity index (χ1n) is 9.09. The Morgan fingerprint density at radius 3 is 2.74 bits per heavy atom. The summed E-state index contributed by atoms with van der Waals surface area (Å²) in [5, 5.41) is 8.64. The van der Waals surface area contributed by atoms with E-state index in [1.54, 1.807) is 6.20 Å². The molecule has 0 fully saturated rings. The predicted octanol–water partition coefficient (Wildman–Crippen LogP) is 3.94. The predicted molar refractivity (Wildman–Crippen MR) is 107 cm³/mol. The number of para-hydroxylation sites is 2. The van der Waals surface area contributed by atoms with Gasteiger partial charge in [-0.3, -0.25) is 4.79 Å². The van der Waals surface area contributed by atoms with Crippen LogP contribution < -0.4 is 5.32 Å². The molecule has 5 heteroatoms. The molecule has 0 saturated heterocycles. The summed E-state index contributed by atoms with van der Waals surface area (Å²) in [5.74, 6) is -0.0906. The maximum atomic E-state index is 12.6. The minimum Gasteiger partial charge on any atom is -0.361 e. The summed E-state index contributed by atoms with van der Waals surface area (Å²) in [6.07, 6.45) is 4.43. The summed E-state index contributed by atoms with van der Waals surface area (Å²) in [6, 6.07) is 16.2. The number of rotatable bonds is 5. The van der Waals surface area contributed by atoms with E-state index in [-0.39, 0.29) is 5.91 Å². The summed E-state index contributed by atoms with van der Waals surface area (Å²) < 4.78 is 1.82. The third-order valence-corrected chi connectivity index (χ3v) is 4.95. The Morgan fingerprint density at radius 2 is 1.89 bits per heavy atom. The first-order valence-corrected chi connectivity index (χ1v) is 9.09. The minimum absolute atomic E-state index is 0.0906. The Labute approximate surface area is 158 Å². The van der Waals surface area contributed by atoms with E-state index in [2.05, 4.69) is 27.5 Å². The van der Waals surface area contributed by atoms with Gasteiger partial charge in [0.25, 0.3) is 5.91 Å². The Bertz CT molecular complexity index is 1110. The average Bonchev–Trinajstić information content (AvgIpc) is 3.26. The third kappa shape index (κ3) is 3.24. The summed E-state index contributed by atoms with van der Waals surface area (Å²) in [6.45, 7) is 4.54. The maximum Gasteiger partial charge on any atom is 0.254 e. The number of hydrogen-bond donors (Lipinski definition) is 2. The van der Waals surface area contributed by atoms with E-state index < -0.39 is 0 Å².